The fraction of sp³-hybridized carbons (Fsp3) is 0.0667. The molecule has 0 saturated carbocycles. The van der Waals surface area contributed by atoms with Gasteiger partial charge in [-0.2, -0.15) is 0 Å². The molecule has 3 nitrogen and oxygen atoms in total. The van der Waals surface area contributed by atoms with Gasteiger partial charge in [0.05, 0.1) is 10.7 Å². The first kappa shape index (κ1) is 14.4. The van der Waals surface area contributed by atoms with Gasteiger partial charge in [-0.25, -0.2) is 4.98 Å². The summed E-state index contributed by atoms with van der Waals surface area (Å²) in [7, 11) is 0. The third-order valence-electron chi connectivity index (χ3n) is 2.88. The van der Waals surface area contributed by atoms with Crippen molar-refractivity contribution in [1.82, 2.24) is 9.38 Å². The Bertz CT molecular complexity index is 846. The van der Waals surface area contributed by atoms with Gasteiger partial charge in [-0.3, -0.25) is 9.20 Å². The smallest absolute Gasteiger partial charge is 0.258 e. The van der Waals surface area contributed by atoms with Crippen LogP contribution in [0.5, 0.6) is 0 Å². The van der Waals surface area contributed by atoms with E-state index in [2.05, 4.69) is 4.98 Å². The van der Waals surface area contributed by atoms with Crippen LogP contribution in [0.15, 0.2) is 58.4 Å². The molecule has 0 atom stereocenters. The minimum absolute atomic E-state index is 0.130. The van der Waals surface area contributed by atoms with Crippen molar-refractivity contribution in [1.29, 1.82) is 0 Å². The summed E-state index contributed by atoms with van der Waals surface area (Å²) in [6, 6.07) is 12.6. The van der Waals surface area contributed by atoms with Crippen molar-refractivity contribution < 1.29 is 0 Å². The molecular weight excluding hydrogens is 327 g/mol. The largest absolute Gasteiger partial charge is 0.269 e. The summed E-state index contributed by atoms with van der Waals surface area (Å²) in [6.07, 6.45) is 1.57. The highest BCUT2D eigenvalue weighted by Gasteiger charge is 2.04. The molecule has 0 aliphatic heterocycles. The third-order valence-corrected chi connectivity index (χ3v) is 4.40. The highest BCUT2D eigenvalue weighted by Crippen LogP contribution is 2.23. The van der Waals surface area contributed by atoms with Crippen molar-refractivity contribution in [2.45, 2.75) is 10.6 Å². The molecule has 3 rings (SSSR count). The maximum atomic E-state index is 12.0. The zero-order valence-electron chi connectivity index (χ0n) is 10.8. The predicted octanol–water partition coefficient (Wildman–Crippen LogP) is 4.29. The summed E-state index contributed by atoms with van der Waals surface area (Å²) < 4.78 is 1.44. The Hall–Kier alpha value is -1.49. The van der Waals surface area contributed by atoms with E-state index in [-0.39, 0.29) is 5.56 Å². The normalized spacial score (nSPS) is 11.0. The van der Waals surface area contributed by atoms with E-state index in [0.29, 0.717) is 21.4 Å². The molecular formula is C15H10Cl2N2OS. The molecule has 0 aliphatic rings. The van der Waals surface area contributed by atoms with Crippen molar-refractivity contribution in [3.63, 3.8) is 0 Å². The number of thioether (sulfide) groups is 1. The molecule has 0 N–H and O–H groups in total. The minimum atomic E-state index is -0.130. The maximum absolute atomic E-state index is 12.0. The quantitative estimate of drug-likeness (QED) is 0.669. The average molecular weight is 337 g/mol. The Kier molecular flexibility index (Phi) is 4.19. The summed E-state index contributed by atoms with van der Waals surface area (Å²) in [4.78, 5) is 17.6. The van der Waals surface area contributed by atoms with Crippen LogP contribution in [-0.2, 0) is 5.75 Å². The van der Waals surface area contributed by atoms with E-state index in [4.69, 9.17) is 23.2 Å². The van der Waals surface area contributed by atoms with E-state index in [1.807, 2.05) is 24.3 Å². The average Bonchev–Trinajstić information content (AvgIpc) is 2.47. The molecule has 1 aromatic carbocycles. The molecule has 0 radical (unpaired) electrons. The van der Waals surface area contributed by atoms with Crippen LogP contribution in [0.3, 0.4) is 0 Å². The molecule has 2 aromatic heterocycles. The number of nitrogens with zero attached hydrogens (tertiary/aromatic N) is 2. The lowest BCUT2D eigenvalue weighted by molar-refractivity contribution is 1.01. The van der Waals surface area contributed by atoms with Gasteiger partial charge in [-0.15, -0.1) is 11.8 Å². The van der Waals surface area contributed by atoms with E-state index in [1.54, 1.807) is 30.1 Å². The highest BCUT2D eigenvalue weighted by atomic mass is 35.5. The Morgan fingerprint density at radius 2 is 1.76 bits per heavy atom. The number of benzene rings is 1. The van der Waals surface area contributed by atoms with Crippen molar-refractivity contribution in [2.75, 3.05) is 0 Å². The van der Waals surface area contributed by atoms with Crippen molar-refractivity contribution >= 4 is 40.6 Å². The SMILES string of the molecule is O=c1cc(CSc2ccc(Cl)cc2)nc2ccc(Cl)cn12. The van der Waals surface area contributed by atoms with E-state index in [9.17, 15) is 4.79 Å². The van der Waals surface area contributed by atoms with Crippen molar-refractivity contribution in [3.05, 3.63) is 74.8 Å². The van der Waals surface area contributed by atoms with Crippen LogP contribution in [0.25, 0.3) is 5.65 Å². The molecule has 0 bridgehead atoms. The van der Waals surface area contributed by atoms with Gasteiger partial charge in [0.15, 0.2) is 0 Å². The molecule has 0 spiro atoms. The van der Waals surface area contributed by atoms with Crippen LogP contribution >= 0.6 is 35.0 Å². The molecule has 0 amide bonds. The Morgan fingerprint density at radius 1 is 1.05 bits per heavy atom. The highest BCUT2D eigenvalue weighted by molar-refractivity contribution is 7.98. The van der Waals surface area contributed by atoms with Crippen LogP contribution < -0.4 is 5.56 Å². The van der Waals surface area contributed by atoms with Gasteiger partial charge in [0.1, 0.15) is 5.65 Å². The zero-order chi connectivity index (χ0) is 14.8. The standard InChI is InChI=1S/C15H10Cl2N2OS/c16-10-1-4-13(5-2-10)21-9-12-7-15(20)19-8-11(17)3-6-14(19)18-12/h1-8H,9H2. The topological polar surface area (TPSA) is 34.4 Å². The number of halogens is 2. The van der Waals surface area contributed by atoms with Crippen LogP contribution in [0.4, 0.5) is 0 Å². The first-order valence-electron chi connectivity index (χ1n) is 6.18. The molecule has 0 unspecified atom stereocenters. The lowest BCUT2D eigenvalue weighted by Gasteiger charge is -2.05. The summed E-state index contributed by atoms with van der Waals surface area (Å²) >= 11 is 13.3. The second-order valence-corrected chi connectivity index (χ2v) is 6.33. The summed E-state index contributed by atoms with van der Waals surface area (Å²) in [5.74, 6) is 0.621. The Morgan fingerprint density at radius 3 is 2.52 bits per heavy atom. The fourth-order valence-corrected chi connectivity index (χ4v) is 2.97. The molecule has 106 valence electrons. The van der Waals surface area contributed by atoms with Gasteiger partial charge in [-0.05, 0) is 36.4 Å². The zero-order valence-corrected chi connectivity index (χ0v) is 13.1. The lowest BCUT2D eigenvalue weighted by atomic mass is 10.4. The predicted molar refractivity (Wildman–Crippen MR) is 87.5 cm³/mol. The number of rotatable bonds is 3. The monoisotopic (exact) mass is 336 g/mol. The van der Waals surface area contributed by atoms with E-state index in [0.717, 1.165) is 10.6 Å². The third kappa shape index (κ3) is 3.40. The van der Waals surface area contributed by atoms with Gasteiger partial charge >= 0.3 is 0 Å². The summed E-state index contributed by atoms with van der Waals surface area (Å²) in [5, 5.41) is 1.22. The molecule has 0 fully saturated rings. The molecule has 2 heterocycles. The second kappa shape index (κ2) is 6.10. The van der Waals surface area contributed by atoms with Crippen molar-refractivity contribution in [2.24, 2.45) is 0 Å². The summed E-state index contributed by atoms with van der Waals surface area (Å²) in [6.45, 7) is 0. The van der Waals surface area contributed by atoms with E-state index in [1.165, 1.54) is 10.5 Å². The van der Waals surface area contributed by atoms with Crippen LogP contribution in [0.1, 0.15) is 5.69 Å². The fourth-order valence-electron chi connectivity index (χ4n) is 1.89. The van der Waals surface area contributed by atoms with E-state index >= 15 is 0 Å². The number of pyridine rings is 1. The Balaban J connectivity index is 1.86. The molecule has 0 saturated heterocycles. The molecule has 6 heteroatoms. The van der Waals surface area contributed by atoms with Crippen LogP contribution in [0.2, 0.25) is 10.0 Å². The second-order valence-electron chi connectivity index (χ2n) is 4.40. The van der Waals surface area contributed by atoms with Crippen LogP contribution in [-0.4, -0.2) is 9.38 Å². The first-order valence-corrected chi connectivity index (χ1v) is 7.92. The van der Waals surface area contributed by atoms with Gasteiger partial charge in [0.2, 0.25) is 0 Å². The Labute approximate surface area is 135 Å². The number of fused-ring (bicyclic) bond motifs is 1. The van der Waals surface area contributed by atoms with Crippen LogP contribution in [0, 0.1) is 0 Å². The number of aromatic nitrogens is 2. The maximum Gasteiger partial charge on any atom is 0.258 e. The number of hydrogen-bond acceptors (Lipinski definition) is 3. The molecule has 0 aliphatic carbocycles. The van der Waals surface area contributed by atoms with Gasteiger partial charge in [0.25, 0.3) is 5.56 Å². The van der Waals surface area contributed by atoms with E-state index < -0.39 is 0 Å². The molecule has 21 heavy (non-hydrogen) atoms. The first-order chi connectivity index (χ1) is 10.1. The summed E-state index contributed by atoms with van der Waals surface area (Å²) in [5.41, 5.74) is 1.20. The number of hydrogen-bond donors (Lipinski definition) is 0. The lowest BCUT2D eigenvalue weighted by Crippen LogP contribution is -2.14. The van der Waals surface area contributed by atoms with Gasteiger partial charge in [0, 0.05) is 27.9 Å². The molecule has 3 aromatic rings. The van der Waals surface area contributed by atoms with Gasteiger partial charge in [-0.1, -0.05) is 23.2 Å². The minimum Gasteiger partial charge on any atom is -0.269 e. The van der Waals surface area contributed by atoms with Crippen molar-refractivity contribution in [3.8, 4) is 0 Å². The van der Waals surface area contributed by atoms with Gasteiger partial charge < -0.3 is 0 Å².